The van der Waals surface area contributed by atoms with Crippen LogP contribution in [-0.4, -0.2) is 18.4 Å². The highest BCUT2D eigenvalue weighted by Crippen LogP contribution is 2.38. The fraction of sp³-hybridized carbons (Fsp3) is 0.154. The molecule has 4 nitrogen and oxygen atoms in total. The van der Waals surface area contributed by atoms with E-state index < -0.39 is 0 Å². The van der Waals surface area contributed by atoms with Crippen LogP contribution in [0.15, 0.2) is 78.5 Å². The van der Waals surface area contributed by atoms with Crippen LogP contribution < -0.4 is 9.80 Å². The number of imide groups is 1. The minimum absolute atomic E-state index is 0.330. The Labute approximate surface area is 187 Å². The third kappa shape index (κ3) is 3.75. The van der Waals surface area contributed by atoms with Gasteiger partial charge in [0.1, 0.15) is 5.70 Å². The maximum absolute atomic E-state index is 13.8. The Morgan fingerprint density at radius 3 is 2.16 bits per heavy atom. The molecule has 4 rings (SSSR count). The largest absolute Gasteiger partial charge is 0.337 e. The molecule has 0 saturated carbocycles. The number of amides is 2. The second-order valence-corrected chi connectivity index (χ2v) is 7.98. The molecule has 0 atom stereocenters. The summed E-state index contributed by atoms with van der Waals surface area (Å²) in [7, 11) is 0. The van der Waals surface area contributed by atoms with Crippen molar-refractivity contribution in [2.45, 2.75) is 20.8 Å². The number of hydrogen-bond acceptors (Lipinski definition) is 3. The van der Waals surface area contributed by atoms with Gasteiger partial charge in [-0.1, -0.05) is 59.6 Å². The molecule has 0 aliphatic carbocycles. The minimum atomic E-state index is -0.336. The summed E-state index contributed by atoms with van der Waals surface area (Å²) in [5, 5.41) is 0.562. The average Bonchev–Trinajstić information content (AvgIpc) is 3.01. The van der Waals surface area contributed by atoms with E-state index in [0.29, 0.717) is 28.5 Å². The molecule has 5 heteroatoms. The van der Waals surface area contributed by atoms with Crippen molar-refractivity contribution in [3.63, 3.8) is 0 Å². The first kappa shape index (κ1) is 20.9. The Morgan fingerprint density at radius 2 is 1.55 bits per heavy atom. The fourth-order valence-corrected chi connectivity index (χ4v) is 4.14. The number of carbonyl (C=O) groups excluding carboxylic acids is 2. The Balaban J connectivity index is 1.92. The Bertz CT molecular complexity index is 1180. The summed E-state index contributed by atoms with van der Waals surface area (Å²) in [5.41, 5.74) is 4.78. The molecule has 1 heterocycles. The highest BCUT2D eigenvalue weighted by Gasteiger charge is 2.43. The number of halogens is 1. The molecule has 0 bridgehead atoms. The Morgan fingerprint density at radius 1 is 0.871 bits per heavy atom. The van der Waals surface area contributed by atoms with Crippen molar-refractivity contribution in [1.29, 1.82) is 0 Å². The highest BCUT2D eigenvalue weighted by atomic mass is 35.5. The van der Waals surface area contributed by atoms with Crippen LogP contribution in [0.1, 0.15) is 23.6 Å². The standard InChI is InChI=1S/C26H23ClN2O2/c1-4-28(21-8-6-5-7-9-21)24-23(19-12-10-17(2)11-13-19)25(30)29(26(24)31)22-15-14-20(27)16-18(22)3/h5-16H,4H2,1-3H3. The number of benzene rings is 3. The van der Waals surface area contributed by atoms with Gasteiger partial charge in [-0.15, -0.1) is 0 Å². The van der Waals surface area contributed by atoms with Gasteiger partial charge in [0.2, 0.25) is 0 Å². The Kier molecular flexibility index (Phi) is 5.66. The molecule has 31 heavy (non-hydrogen) atoms. The molecule has 3 aromatic carbocycles. The van der Waals surface area contributed by atoms with Gasteiger partial charge in [-0.25, -0.2) is 4.90 Å². The molecule has 0 unspecified atom stereocenters. The number of likely N-dealkylation sites (N-methyl/N-ethyl adjacent to an activating group) is 1. The summed E-state index contributed by atoms with van der Waals surface area (Å²) in [5.74, 6) is -0.666. The summed E-state index contributed by atoms with van der Waals surface area (Å²) in [6, 6.07) is 22.5. The molecule has 1 aliphatic heterocycles. The summed E-state index contributed by atoms with van der Waals surface area (Å²) in [4.78, 5) is 30.6. The van der Waals surface area contributed by atoms with Crippen molar-refractivity contribution in [1.82, 2.24) is 0 Å². The second-order valence-electron chi connectivity index (χ2n) is 7.55. The van der Waals surface area contributed by atoms with Crippen molar-refractivity contribution in [2.75, 3.05) is 16.3 Å². The van der Waals surface area contributed by atoms with Gasteiger partial charge in [-0.3, -0.25) is 9.59 Å². The van der Waals surface area contributed by atoms with Crippen LogP contribution in [0.5, 0.6) is 0 Å². The van der Waals surface area contributed by atoms with Gasteiger partial charge in [-0.2, -0.15) is 0 Å². The number of para-hydroxylation sites is 1. The monoisotopic (exact) mass is 430 g/mol. The van der Waals surface area contributed by atoms with Crippen LogP contribution >= 0.6 is 11.6 Å². The van der Waals surface area contributed by atoms with Gasteiger partial charge >= 0.3 is 0 Å². The zero-order valence-corrected chi connectivity index (χ0v) is 18.5. The van der Waals surface area contributed by atoms with E-state index in [2.05, 4.69) is 0 Å². The maximum Gasteiger partial charge on any atom is 0.282 e. The molecule has 156 valence electrons. The van der Waals surface area contributed by atoms with E-state index in [1.54, 1.807) is 18.2 Å². The van der Waals surface area contributed by atoms with Crippen molar-refractivity contribution < 1.29 is 9.59 Å². The average molecular weight is 431 g/mol. The van der Waals surface area contributed by atoms with Gasteiger partial charge < -0.3 is 4.90 Å². The van der Waals surface area contributed by atoms with Crippen LogP contribution in [0.25, 0.3) is 5.57 Å². The number of rotatable bonds is 5. The highest BCUT2D eigenvalue weighted by molar-refractivity contribution is 6.46. The third-order valence-corrected chi connectivity index (χ3v) is 5.69. The van der Waals surface area contributed by atoms with E-state index in [4.69, 9.17) is 11.6 Å². The quantitative estimate of drug-likeness (QED) is 0.482. The van der Waals surface area contributed by atoms with Gasteiger partial charge in [0.15, 0.2) is 0 Å². The number of carbonyl (C=O) groups is 2. The fourth-order valence-electron chi connectivity index (χ4n) is 3.92. The summed E-state index contributed by atoms with van der Waals surface area (Å²) in [6.45, 7) is 6.36. The zero-order valence-electron chi connectivity index (χ0n) is 17.7. The lowest BCUT2D eigenvalue weighted by Crippen LogP contribution is -2.35. The van der Waals surface area contributed by atoms with Crippen molar-refractivity contribution in [2.24, 2.45) is 0 Å². The van der Waals surface area contributed by atoms with Crippen molar-refractivity contribution >= 4 is 40.4 Å². The second kappa shape index (κ2) is 8.40. The predicted octanol–water partition coefficient (Wildman–Crippen LogP) is 5.77. The first-order valence-corrected chi connectivity index (χ1v) is 10.6. The van der Waals surface area contributed by atoms with Gasteiger partial charge in [0.25, 0.3) is 11.8 Å². The maximum atomic E-state index is 13.8. The Hall–Kier alpha value is -3.37. The summed E-state index contributed by atoms with van der Waals surface area (Å²) in [6.07, 6.45) is 0. The molecule has 2 amide bonds. The molecule has 1 aliphatic rings. The molecule has 0 spiro atoms. The molecule has 0 aromatic heterocycles. The van der Waals surface area contributed by atoms with Crippen LogP contribution in [0, 0.1) is 13.8 Å². The smallest absolute Gasteiger partial charge is 0.282 e. The van der Waals surface area contributed by atoms with E-state index in [1.807, 2.05) is 80.3 Å². The summed E-state index contributed by atoms with van der Waals surface area (Å²) < 4.78 is 0. The molecule has 0 saturated heterocycles. The van der Waals surface area contributed by atoms with Gasteiger partial charge in [0.05, 0.1) is 11.3 Å². The molecule has 0 fully saturated rings. The molecule has 0 radical (unpaired) electrons. The lowest BCUT2D eigenvalue weighted by molar-refractivity contribution is -0.120. The third-order valence-electron chi connectivity index (χ3n) is 5.45. The predicted molar refractivity (Wildman–Crippen MR) is 126 cm³/mol. The first-order valence-electron chi connectivity index (χ1n) is 10.2. The molecule has 3 aromatic rings. The zero-order chi connectivity index (χ0) is 22.1. The van der Waals surface area contributed by atoms with E-state index in [-0.39, 0.29) is 11.8 Å². The lowest BCUT2D eigenvalue weighted by atomic mass is 10.0. The number of hydrogen-bond donors (Lipinski definition) is 0. The SMILES string of the molecule is CCN(C1=C(c2ccc(C)cc2)C(=O)N(c2ccc(Cl)cc2C)C1=O)c1ccccc1. The van der Waals surface area contributed by atoms with Crippen LogP contribution in [0.4, 0.5) is 11.4 Å². The summed E-state index contributed by atoms with van der Waals surface area (Å²) >= 11 is 6.11. The van der Waals surface area contributed by atoms with Crippen LogP contribution in [0.2, 0.25) is 5.02 Å². The minimum Gasteiger partial charge on any atom is -0.337 e. The molecule has 0 N–H and O–H groups in total. The van der Waals surface area contributed by atoms with Crippen LogP contribution in [-0.2, 0) is 9.59 Å². The van der Waals surface area contributed by atoms with E-state index >= 15 is 0 Å². The van der Waals surface area contributed by atoms with Gasteiger partial charge in [-0.05, 0) is 62.2 Å². The number of anilines is 2. The first-order chi connectivity index (χ1) is 14.9. The topological polar surface area (TPSA) is 40.6 Å². The lowest BCUT2D eigenvalue weighted by Gasteiger charge is -2.25. The van der Waals surface area contributed by atoms with E-state index in [0.717, 1.165) is 22.4 Å². The van der Waals surface area contributed by atoms with Gasteiger partial charge in [0, 0.05) is 17.3 Å². The normalized spacial score (nSPS) is 13.9. The number of nitrogens with zero attached hydrogens (tertiary/aromatic N) is 2. The van der Waals surface area contributed by atoms with E-state index in [9.17, 15) is 9.59 Å². The van der Waals surface area contributed by atoms with Crippen molar-refractivity contribution in [3.8, 4) is 0 Å². The number of aryl methyl sites for hydroxylation is 2. The van der Waals surface area contributed by atoms with Crippen LogP contribution in [0.3, 0.4) is 0 Å². The van der Waals surface area contributed by atoms with E-state index in [1.165, 1.54) is 4.90 Å². The molecular weight excluding hydrogens is 408 g/mol. The molecular formula is C26H23ClN2O2. The van der Waals surface area contributed by atoms with Crippen molar-refractivity contribution in [3.05, 3.63) is 100 Å².